The molecule has 0 bridgehead atoms. The summed E-state index contributed by atoms with van der Waals surface area (Å²) in [6.45, 7) is 2.13. The Balaban J connectivity index is 2.73. The molecule has 2 heteroatoms. The molecule has 0 N–H and O–H groups in total. The van der Waals surface area contributed by atoms with Crippen LogP contribution in [0.4, 0.5) is 0 Å². The molecule has 2 atom stereocenters. The van der Waals surface area contributed by atoms with Gasteiger partial charge >= 0.3 is 0 Å². The van der Waals surface area contributed by atoms with Crippen LogP contribution in [0, 0.1) is 5.92 Å². The van der Waals surface area contributed by atoms with Crippen LogP contribution in [0.15, 0.2) is 23.7 Å². The van der Waals surface area contributed by atoms with Gasteiger partial charge in [-0.2, -0.15) is 0 Å². The minimum absolute atomic E-state index is 0.218. The number of alkyl halides is 1. The fourth-order valence-corrected chi connectivity index (χ4v) is 1.14. The van der Waals surface area contributed by atoms with Crippen LogP contribution in [-0.4, -0.2) is 13.2 Å². The fourth-order valence-electron chi connectivity index (χ4n) is 0.987. The molecule has 1 aliphatic rings. The maximum absolute atomic E-state index is 6.00. The fraction of sp³-hybridized carbons (Fsp3) is 0.429. The highest BCUT2D eigenvalue weighted by Gasteiger charge is 2.14. The monoisotopic (exact) mass is 140 g/mol. The van der Waals surface area contributed by atoms with E-state index < -0.39 is 0 Å². The highest BCUT2D eigenvalue weighted by molar-refractivity contribution is 6.33. The van der Waals surface area contributed by atoms with Crippen LogP contribution in [0.3, 0.4) is 0 Å². The van der Waals surface area contributed by atoms with E-state index in [4.69, 9.17) is 11.6 Å². The summed E-state index contributed by atoms with van der Waals surface area (Å²) in [6, 6.07) is 0. The van der Waals surface area contributed by atoms with Crippen molar-refractivity contribution >= 4 is 19.4 Å². The lowest BCUT2D eigenvalue weighted by Gasteiger charge is -2.17. The topological polar surface area (TPSA) is 0 Å². The minimum Gasteiger partial charge on any atom is -0.118 e. The first-order valence-electron chi connectivity index (χ1n) is 3.21. The van der Waals surface area contributed by atoms with Crippen molar-refractivity contribution in [3.63, 3.8) is 0 Å². The van der Waals surface area contributed by atoms with E-state index in [2.05, 4.69) is 33.0 Å². The lowest BCUT2D eigenvalue weighted by molar-refractivity contribution is 0.736. The molecule has 0 aromatic rings. The molecule has 48 valence electrons. The van der Waals surface area contributed by atoms with E-state index in [1.165, 1.54) is 5.47 Å². The zero-order chi connectivity index (χ0) is 6.85. The van der Waals surface area contributed by atoms with Gasteiger partial charge in [0.2, 0.25) is 0 Å². The summed E-state index contributed by atoms with van der Waals surface area (Å²) < 4.78 is 0. The van der Waals surface area contributed by atoms with Crippen molar-refractivity contribution in [2.75, 3.05) is 0 Å². The second-order valence-electron chi connectivity index (χ2n) is 2.56. The van der Waals surface area contributed by atoms with Crippen molar-refractivity contribution in [3.8, 4) is 0 Å². The van der Waals surface area contributed by atoms with Gasteiger partial charge in [0.25, 0.3) is 0 Å². The average Bonchev–Trinajstić information content (AvgIpc) is 1.83. The molecule has 0 aliphatic heterocycles. The normalized spacial score (nSPS) is 34.2. The van der Waals surface area contributed by atoms with Gasteiger partial charge in [0.15, 0.2) is 0 Å². The summed E-state index contributed by atoms with van der Waals surface area (Å²) in [5, 5.41) is 0.218. The van der Waals surface area contributed by atoms with Crippen molar-refractivity contribution in [1.82, 2.24) is 0 Å². The van der Waals surface area contributed by atoms with Crippen molar-refractivity contribution in [2.24, 2.45) is 5.92 Å². The third-order valence-electron chi connectivity index (χ3n) is 1.67. The first-order valence-corrected chi connectivity index (χ1v) is 3.64. The summed E-state index contributed by atoms with van der Waals surface area (Å²) in [4.78, 5) is 0. The van der Waals surface area contributed by atoms with Crippen LogP contribution < -0.4 is 0 Å². The van der Waals surface area contributed by atoms with Gasteiger partial charge in [-0.15, -0.1) is 11.6 Å². The highest BCUT2D eigenvalue weighted by atomic mass is 35.5. The van der Waals surface area contributed by atoms with Crippen LogP contribution in [-0.2, 0) is 0 Å². The van der Waals surface area contributed by atoms with Gasteiger partial charge in [-0.3, -0.25) is 0 Å². The molecular weight excluding hydrogens is 130 g/mol. The van der Waals surface area contributed by atoms with E-state index in [0.717, 1.165) is 0 Å². The van der Waals surface area contributed by atoms with Gasteiger partial charge in [-0.25, -0.2) is 0 Å². The molecule has 0 aromatic heterocycles. The first-order chi connectivity index (χ1) is 4.22. The third kappa shape index (κ3) is 1.39. The van der Waals surface area contributed by atoms with E-state index in [1.54, 1.807) is 0 Å². The Kier molecular flexibility index (Phi) is 2.02. The number of halogens is 1. The zero-order valence-electron chi connectivity index (χ0n) is 5.76. The predicted octanol–water partition coefficient (Wildman–Crippen LogP) is 1.32. The predicted molar refractivity (Wildman–Crippen MR) is 44.6 cm³/mol. The zero-order valence-corrected chi connectivity index (χ0v) is 6.52. The lowest BCUT2D eigenvalue weighted by Crippen LogP contribution is -2.14. The van der Waals surface area contributed by atoms with Crippen LogP contribution in [0.25, 0.3) is 0 Å². The van der Waals surface area contributed by atoms with Crippen LogP contribution in [0.2, 0.25) is 0 Å². The smallest absolute Gasteiger partial charge is 0.118 e. The van der Waals surface area contributed by atoms with Gasteiger partial charge < -0.3 is 0 Å². The second-order valence-corrected chi connectivity index (χ2v) is 3.03. The Morgan fingerprint density at radius 1 is 1.67 bits per heavy atom. The molecule has 0 aromatic carbocycles. The highest BCUT2D eigenvalue weighted by Crippen LogP contribution is 2.21. The summed E-state index contributed by atoms with van der Waals surface area (Å²) >= 11 is 6.00. The van der Waals surface area contributed by atoms with Crippen molar-refractivity contribution < 1.29 is 0 Å². The van der Waals surface area contributed by atoms with Crippen molar-refractivity contribution in [2.45, 2.75) is 12.3 Å². The number of hydrogen-bond donors (Lipinski definition) is 0. The standard InChI is InChI=1S/C7H10BCl/c1-5-3-2-4-6(8)7(5)9/h2-5,7H,8H2,1H3. The van der Waals surface area contributed by atoms with E-state index >= 15 is 0 Å². The molecular formula is C7H10BCl. The Morgan fingerprint density at radius 2 is 2.33 bits per heavy atom. The summed E-state index contributed by atoms with van der Waals surface area (Å²) in [7, 11) is 2.07. The molecule has 0 heterocycles. The van der Waals surface area contributed by atoms with E-state index in [0.29, 0.717) is 5.92 Å². The first kappa shape index (κ1) is 6.95. The Bertz CT molecular complexity index is 160. The third-order valence-corrected chi connectivity index (χ3v) is 2.41. The SMILES string of the molecule is BC1=CC=CC(C)C1Cl. The molecule has 0 nitrogen and oxygen atoms in total. The summed E-state index contributed by atoms with van der Waals surface area (Å²) in [5.74, 6) is 0.497. The van der Waals surface area contributed by atoms with Gasteiger partial charge in [0.05, 0.1) is 5.38 Å². The summed E-state index contributed by atoms with van der Waals surface area (Å²) in [5.41, 5.74) is 1.27. The number of allylic oxidation sites excluding steroid dienone is 4. The van der Waals surface area contributed by atoms with Gasteiger partial charge in [-0.05, 0) is 5.92 Å². The largest absolute Gasteiger partial charge is 0.135 e. The molecule has 0 spiro atoms. The molecule has 0 saturated heterocycles. The molecule has 0 fully saturated rings. The van der Waals surface area contributed by atoms with E-state index in [-0.39, 0.29) is 5.38 Å². The Labute approximate surface area is 62.0 Å². The molecule has 1 rings (SSSR count). The Hall–Kier alpha value is -0.165. The summed E-state index contributed by atoms with van der Waals surface area (Å²) in [6.07, 6.45) is 6.27. The minimum atomic E-state index is 0.218. The van der Waals surface area contributed by atoms with Gasteiger partial charge in [0.1, 0.15) is 7.85 Å². The van der Waals surface area contributed by atoms with Crippen LogP contribution >= 0.6 is 11.6 Å². The molecule has 0 amide bonds. The van der Waals surface area contributed by atoms with Crippen molar-refractivity contribution in [1.29, 1.82) is 0 Å². The average molecular weight is 140 g/mol. The number of hydrogen-bond acceptors (Lipinski definition) is 0. The van der Waals surface area contributed by atoms with Gasteiger partial charge in [0, 0.05) is 0 Å². The number of rotatable bonds is 0. The van der Waals surface area contributed by atoms with Crippen molar-refractivity contribution in [3.05, 3.63) is 23.7 Å². The maximum atomic E-state index is 6.00. The van der Waals surface area contributed by atoms with E-state index in [9.17, 15) is 0 Å². The van der Waals surface area contributed by atoms with Crippen LogP contribution in [0.1, 0.15) is 6.92 Å². The second kappa shape index (κ2) is 2.61. The molecule has 9 heavy (non-hydrogen) atoms. The van der Waals surface area contributed by atoms with Gasteiger partial charge in [-0.1, -0.05) is 30.6 Å². The Morgan fingerprint density at radius 3 is 2.78 bits per heavy atom. The van der Waals surface area contributed by atoms with E-state index in [1.807, 2.05) is 0 Å². The molecule has 0 saturated carbocycles. The molecule has 0 radical (unpaired) electrons. The molecule has 1 aliphatic carbocycles. The lowest BCUT2D eigenvalue weighted by atomic mass is 9.83. The maximum Gasteiger partial charge on any atom is 0.135 e. The molecule has 2 unspecified atom stereocenters. The quantitative estimate of drug-likeness (QED) is 0.352. The van der Waals surface area contributed by atoms with Crippen LogP contribution in [0.5, 0.6) is 0 Å².